The topological polar surface area (TPSA) is 29.7 Å². The fourth-order valence-corrected chi connectivity index (χ4v) is 2.83. The van der Waals surface area contributed by atoms with E-state index in [0.717, 1.165) is 19.6 Å². The molecule has 0 atom stereocenters. The van der Waals surface area contributed by atoms with Crippen LogP contribution in [0.5, 0.6) is 0 Å². The summed E-state index contributed by atoms with van der Waals surface area (Å²) >= 11 is 0. The van der Waals surface area contributed by atoms with E-state index in [-0.39, 0.29) is 6.61 Å². The summed E-state index contributed by atoms with van der Waals surface area (Å²) in [7, 11) is 0. The van der Waals surface area contributed by atoms with Crippen molar-refractivity contribution in [2.45, 2.75) is 26.2 Å². The lowest BCUT2D eigenvalue weighted by molar-refractivity contribution is -0.549. The molecule has 2 aliphatic rings. The summed E-state index contributed by atoms with van der Waals surface area (Å²) in [5.41, 5.74) is 0. The zero-order valence-electron chi connectivity index (χ0n) is 10.4. The number of rotatable bonds is 4. The van der Waals surface area contributed by atoms with Crippen LogP contribution in [0.3, 0.4) is 0 Å². The Morgan fingerprint density at radius 3 is 2.31 bits per heavy atom. The molecule has 0 aliphatic carbocycles. The van der Waals surface area contributed by atoms with E-state index in [1.54, 1.807) is 0 Å². The molecule has 0 aromatic rings. The molecule has 2 heterocycles. The van der Waals surface area contributed by atoms with Crippen LogP contribution in [0.4, 0.5) is 0 Å². The zero-order valence-corrected chi connectivity index (χ0v) is 10.4. The van der Waals surface area contributed by atoms with E-state index in [4.69, 9.17) is 5.11 Å². The predicted molar refractivity (Wildman–Crippen MR) is 64.8 cm³/mol. The first-order valence-electron chi connectivity index (χ1n) is 6.59. The number of β-amino-alcohol motifs (C(OH)–C–C–N with tert-alkyl or cyclic N) is 1. The Morgan fingerprint density at radius 2 is 1.75 bits per heavy atom. The molecule has 2 aliphatic heterocycles. The minimum Gasteiger partial charge on any atom is -0.393 e. The maximum absolute atomic E-state index is 9.13. The second-order valence-corrected chi connectivity index (χ2v) is 4.69. The highest BCUT2D eigenvalue weighted by molar-refractivity contribution is 5.76. The van der Waals surface area contributed by atoms with Gasteiger partial charge in [0.2, 0.25) is 0 Å². The van der Waals surface area contributed by atoms with Gasteiger partial charge in [0, 0.05) is 12.8 Å². The fourth-order valence-electron chi connectivity index (χ4n) is 2.83. The minimum absolute atomic E-state index is 0.261. The smallest absolute Gasteiger partial charge is 0.350 e. The molecular formula is C12H24N3O+. The summed E-state index contributed by atoms with van der Waals surface area (Å²) in [4.78, 5) is 4.86. The Balaban J connectivity index is 2.16. The van der Waals surface area contributed by atoms with E-state index in [9.17, 15) is 0 Å². The van der Waals surface area contributed by atoms with Crippen LogP contribution in [-0.4, -0.2) is 71.3 Å². The number of nitrogens with zero attached hydrogens (tertiary/aromatic N) is 3. The van der Waals surface area contributed by atoms with Crippen molar-refractivity contribution in [3.05, 3.63) is 0 Å². The maximum Gasteiger partial charge on any atom is 0.350 e. The van der Waals surface area contributed by atoms with E-state index >= 15 is 0 Å². The molecule has 0 aromatic heterocycles. The van der Waals surface area contributed by atoms with Crippen LogP contribution in [0.2, 0.25) is 0 Å². The maximum atomic E-state index is 9.13. The van der Waals surface area contributed by atoms with Crippen molar-refractivity contribution < 1.29 is 9.68 Å². The van der Waals surface area contributed by atoms with Gasteiger partial charge < -0.3 is 5.11 Å². The third kappa shape index (κ3) is 2.32. The Morgan fingerprint density at radius 1 is 1.12 bits per heavy atom. The molecule has 4 heteroatoms. The molecular weight excluding hydrogens is 202 g/mol. The number of aliphatic hydroxyl groups excluding tert-OH is 1. The first kappa shape index (κ1) is 11.7. The fraction of sp³-hybridized carbons (Fsp3) is 0.917. The molecule has 0 unspecified atom stereocenters. The first-order chi connectivity index (χ1) is 7.86. The third-order valence-corrected chi connectivity index (χ3v) is 3.42. The van der Waals surface area contributed by atoms with Gasteiger partial charge in [-0.3, -0.25) is 14.4 Å². The summed E-state index contributed by atoms with van der Waals surface area (Å²) in [6, 6.07) is 0. The summed E-state index contributed by atoms with van der Waals surface area (Å²) < 4.78 is 2.50. The van der Waals surface area contributed by atoms with Crippen molar-refractivity contribution in [2.24, 2.45) is 0 Å². The van der Waals surface area contributed by atoms with E-state index in [0.29, 0.717) is 0 Å². The molecule has 92 valence electrons. The summed E-state index contributed by atoms with van der Waals surface area (Å²) in [5, 5.41) is 9.13. The zero-order chi connectivity index (χ0) is 11.4. The molecule has 0 aromatic carbocycles. The molecule has 16 heavy (non-hydrogen) atoms. The molecule has 0 spiro atoms. The van der Waals surface area contributed by atoms with E-state index in [1.165, 1.54) is 44.9 Å². The van der Waals surface area contributed by atoms with E-state index in [1.807, 2.05) is 0 Å². The van der Waals surface area contributed by atoms with Gasteiger partial charge >= 0.3 is 5.96 Å². The van der Waals surface area contributed by atoms with E-state index in [2.05, 4.69) is 21.3 Å². The third-order valence-electron chi connectivity index (χ3n) is 3.42. The average molecular weight is 226 g/mol. The van der Waals surface area contributed by atoms with Crippen LogP contribution in [0.25, 0.3) is 0 Å². The van der Waals surface area contributed by atoms with Crippen molar-refractivity contribution in [1.82, 2.24) is 9.80 Å². The van der Waals surface area contributed by atoms with Crippen LogP contribution in [0.15, 0.2) is 0 Å². The van der Waals surface area contributed by atoms with Crippen molar-refractivity contribution in [1.29, 1.82) is 0 Å². The summed E-state index contributed by atoms with van der Waals surface area (Å²) in [6.45, 7) is 9.10. The van der Waals surface area contributed by atoms with Gasteiger partial charge in [0.05, 0.1) is 45.9 Å². The molecule has 0 radical (unpaired) electrons. The predicted octanol–water partition coefficient (Wildman–Crippen LogP) is 0.169. The minimum atomic E-state index is 0.261. The van der Waals surface area contributed by atoms with Crippen LogP contribution in [0.1, 0.15) is 26.2 Å². The van der Waals surface area contributed by atoms with Gasteiger partial charge in [-0.2, -0.15) is 0 Å². The monoisotopic (exact) mass is 226 g/mol. The molecule has 2 rings (SSSR count). The van der Waals surface area contributed by atoms with Gasteiger partial charge in [0.15, 0.2) is 0 Å². The van der Waals surface area contributed by atoms with Crippen molar-refractivity contribution in [2.75, 3.05) is 45.9 Å². The summed E-state index contributed by atoms with van der Waals surface area (Å²) in [5.74, 6) is 1.38. The van der Waals surface area contributed by atoms with Gasteiger partial charge in [-0.05, 0) is 6.42 Å². The second kappa shape index (κ2) is 5.53. The number of guanidine groups is 1. The van der Waals surface area contributed by atoms with Crippen LogP contribution < -0.4 is 0 Å². The largest absolute Gasteiger partial charge is 0.393 e. The highest BCUT2D eigenvalue weighted by Gasteiger charge is 2.34. The Kier molecular flexibility index (Phi) is 4.04. The quantitative estimate of drug-likeness (QED) is 0.693. The average Bonchev–Trinajstić information content (AvgIpc) is 2.30. The molecule has 1 N–H and O–H groups in total. The lowest BCUT2D eigenvalue weighted by Gasteiger charge is -2.36. The molecule has 4 nitrogen and oxygen atoms in total. The lowest BCUT2D eigenvalue weighted by atomic mass is 10.2. The van der Waals surface area contributed by atoms with Gasteiger partial charge in [-0.15, -0.1) is 0 Å². The van der Waals surface area contributed by atoms with Crippen molar-refractivity contribution >= 4 is 5.96 Å². The SMILES string of the molecule is CCCN1CCC[N+]2=C1N(CCO)CCC2. The molecule has 0 amide bonds. The van der Waals surface area contributed by atoms with Crippen LogP contribution >= 0.6 is 0 Å². The Labute approximate surface area is 98.2 Å². The normalized spacial score (nSPS) is 21.4. The van der Waals surface area contributed by atoms with Gasteiger partial charge in [-0.1, -0.05) is 6.92 Å². The Hall–Kier alpha value is -0.770. The first-order valence-corrected chi connectivity index (χ1v) is 6.59. The van der Waals surface area contributed by atoms with Crippen molar-refractivity contribution in [3.8, 4) is 0 Å². The second-order valence-electron chi connectivity index (χ2n) is 4.69. The Bertz CT molecular complexity index is 241. The molecule has 0 saturated carbocycles. The van der Waals surface area contributed by atoms with Gasteiger partial charge in [0.25, 0.3) is 0 Å². The molecule has 0 fully saturated rings. The van der Waals surface area contributed by atoms with Gasteiger partial charge in [-0.25, -0.2) is 0 Å². The molecule has 0 bridgehead atoms. The summed E-state index contributed by atoms with van der Waals surface area (Å²) in [6.07, 6.45) is 3.70. The number of aliphatic hydroxyl groups is 1. The van der Waals surface area contributed by atoms with E-state index < -0.39 is 0 Å². The lowest BCUT2D eigenvalue weighted by Crippen LogP contribution is -2.57. The van der Waals surface area contributed by atoms with Crippen molar-refractivity contribution in [3.63, 3.8) is 0 Å². The number of hydrogen-bond acceptors (Lipinski definition) is 3. The van der Waals surface area contributed by atoms with Crippen LogP contribution in [0, 0.1) is 0 Å². The van der Waals surface area contributed by atoms with Crippen LogP contribution in [-0.2, 0) is 0 Å². The standard InChI is InChI=1S/C12H24N3O/c1-2-5-13-6-3-7-14-8-4-9-15(10-11-16)12(13)14/h16H,2-11H2,1H3/q+1. The highest BCUT2D eigenvalue weighted by atomic mass is 16.3. The number of hydrogen-bond donors (Lipinski definition) is 1. The molecule has 0 saturated heterocycles. The highest BCUT2D eigenvalue weighted by Crippen LogP contribution is 2.12. The van der Waals surface area contributed by atoms with Gasteiger partial charge in [0.1, 0.15) is 0 Å².